The van der Waals surface area contributed by atoms with E-state index in [1.807, 2.05) is 160 Å². The number of rotatable bonds is 43. The minimum Gasteiger partial charge on any atom is -0.299 e. The first-order chi connectivity index (χ1) is 54.1. The van der Waals surface area contributed by atoms with Crippen LogP contribution in [0.3, 0.4) is 0 Å². The summed E-state index contributed by atoms with van der Waals surface area (Å²) in [7, 11) is 0. The van der Waals surface area contributed by atoms with Gasteiger partial charge in [0.2, 0.25) is 0 Å². The molecule has 7 aromatic rings. The number of hydrogen-bond donors (Lipinski definition) is 0. The van der Waals surface area contributed by atoms with Gasteiger partial charge in [0, 0.05) is 137 Å². The molecule has 0 spiro atoms. The van der Waals surface area contributed by atoms with Crippen molar-refractivity contribution in [3.8, 4) is 11.3 Å². The van der Waals surface area contributed by atoms with Crippen LogP contribution in [0.1, 0.15) is 340 Å². The Morgan fingerprint density at radius 2 is 0.589 bits per heavy atom. The van der Waals surface area contributed by atoms with E-state index in [1.54, 1.807) is 68.0 Å². The van der Waals surface area contributed by atoms with Crippen LogP contribution in [0.15, 0.2) is 159 Å². The van der Waals surface area contributed by atoms with E-state index >= 15 is 0 Å². The molecule has 14 heteroatoms. The molecule has 7 rings (SSSR count). The summed E-state index contributed by atoms with van der Waals surface area (Å²) in [5.74, 6) is 7.46. The summed E-state index contributed by atoms with van der Waals surface area (Å²) in [6.45, 7) is 46.6. The van der Waals surface area contributed by atoms with Gasteiger partial charge in [0.25, 0.3) is 0 Å². The normalized spacial score (nSPS) is 10.0. The van der Waals surface area contributed by atoms with Crippen LogP contribution in [0.4, 0.5) is 0 Å². The highest BCUT2D eigenvalue weighted by Crippen LogP contribution is 2.18. The predicted molar refractivity (Wildman–Crippen MR) is 475 cm³/mol. The van der Waals surface area contributed by atoms with Gasteiger partial charge < -0.3 is 0 Å². The van der Waals surface area contributed by atoms with Crippen molar-refractivity contribution in [2.45, 2.75) is 345 Å². The zero-order valence-corrected chi connectivity index (χ0v) is 74.7. The van der Waals surface area contributed by atoms with Crippen LogP contribution in [-0.4, -0.2) is 74.6 Å². The largest absolute Gasteiger partial charge is 0.299 e. The second-order valence-electron chi connectivity index (χ2n) is 29.4. The Morgan fingerprint density at radius 3 is 0.955 bits per heavy atom. The lowest BCUT2D eigenvalue weighted by atomic mass is 10.0. The van der Waals surface area contributed by atoms with Gasteiger partial charge in [0.05, 0.1) is 18.5 Å². The van der Waals surface area contributed by atoms with Gasteiger partial charge >= 0.3 is 0 Å². The maximum atomic E-state index is 12.0. The number of aromatic nitrogens is 8. The maximum Gasteiger partial charge on any atom is 0.140 e. The standard InChI is InChI=1S/C18H23N3O.C15H22O.3C14H21NO.C13H20N2O.5C2H6/c1-14(2)6-3-4-8-16(22)12-18-20-11-9-17(21-18)15-7-5-10-19-13-15;1-13(2)8-6-7-11-15(16)12-14-9-4-3-5-10-14;1-12(2)7-3-4-9-14(16)11-13-8-5-6-10-15-13;1-12(2)6-3-4-8-14(16)10-13-7-5-9-15-11-13;1-12(2)5-3-4-6-14(16)11-13-7-9-15-10-8-13;1-11(2)6-3-4-7-12(16)10-13-14-8-5-9-15-13;5*1-2/h5,7,9-11,13-14H,3-4,6,8,12H2,1-2H3;3-5,9-10,13H,6-8,11-12H2,1-2H3;5-6,8,10,12H,3-4,7,9,11H2,1-2H3;5,7,9,11-12H,3-4,6,8,10H2,1-2H3;7-10,12H,3-6,11H2,1-2H3;5,8-9,11H,3-4,6-7,10H2,1-2H3;5*1-2H3. The second kappa shape index (κ2) is 79.6. The molecule has 0 radical (unpaired) electrons. The van der Waals surface area contributed by atoms with Gasteiger partial charge in [0.1, 0.15) is 46.3 Å². The predicted octanol–water partition coefficient (Wildman–Crippen LogP) is 26.0. The first kappa shape index (κ1) is 110. The first-order valence-electron chi connectivity index (χ1n) is 43.4. The minimum absolute atomic E-state index is 0.215. The van der Waals surface area contributed by atoms with E-state index in [2.05, 4.69) is 123 Å². The molecule has 0 atom stereocenters. The van der Waals surface area contributed by atoms with E-state index in [-0.39, 0.29) is 11.6 Å². The fourth-order valence-electron chi connectivity index (χ4n) is 10.7. The molecule has 0 aliphatic heterocycles. The van der Waals surface area contributed by atoms with Crippen molar-refractivity contribution in [2.75, 3.05) is 0 Å². The third kappa shape index (κ3) is 72.3. The summed E-state index contributed by atoms with van der Waals surface area (Å²) in [6, 6.07) is 30.8. The summed E-state index contributed by atoms with van der Waals surface area (Å²) in [5, 5.41) is 0. The van der Waals surface area contributed by atoms with Crippen LogP contribution in [0.2, 0.25) is 0 Å². The summed E-state index contributed by atoms with van der Waals surface area (Å²) >= 11 is 0. The molecule has 0 bridgehead atoms. The quantitative estimate of drug-likeness (QED) is 0.0326. The first-order valence-corrected chi connectivity index (χ1v) is 43.4. The molecule has 626 valence electrons. The number of pyridine rings is 4. The molecule has 0 fully saturated rings. The fraction of sp³-hybridized carbons (Fsp3) is 0.592. The highest BCUT2D eigenvalue weighted by Gasteiger charge is 2.12. The molecule has 0 saturated heterocycles. The van der Waals surface area contributed by atoms with Gasteiger partial charge in [-0.15, -0.1) is 0 Å². The molecule has 0 aliphatic rings. The zero-order chi connectivity index (χ0) is 84.8. The molecule has 0 amide bonds. The van der Waals surface area contributed by atoms with Crippen molar-refractivity contribution in [3.05, 3.63) is 193 Å². The maximum absolute atomic E-state index is 12.0. The van der Waals surface area contributed by atoms with Crippen molar-refractivity contribution >= 4 is 34.7 Å². The van der Waals surface area contributed by atoms with Crippen molar-refractivity contribution in [3.63, 3.8) is 0 Å². The molecule has 0 N–H and O–H groups in total. The summed E-state index contributed by atoms with van der Waals surface area (Å²) in [4.78, 5) is 103. The number of unbranched alkanes of at least 4 members (excludes halogenated alkanes) is 6. The topological polar surface area (TPSA) is 206 Å². The second-order valence-corrected chi connectivity index (χ2v) is 29.4. The number of benzene rings is 1. The molecule has 0 aliphatic carbocycles. The van der Waals surface area contributed by atoms with Crippen LogP contribution < -0.4 is 0 Å². The third-order valence-corrected chi connectivity index (χ3v) is 16.5. The molecule has 0 unspecified atom stereocenters. The monoisotopic (exact) mass is 1540 g/mol. The highest BCUT2D eigenvalue weighted by molar-refractivity contribution is 5.82. The Morgan fingerprint density at radius 1 is 0.259 bits per heavy atom. The fourth-order valence-corrected chi connectivity index (χ4v) is 10.7. The molecule has 14 nitrogen and oxygen atoms in total. The van der Waals surface area contributed by atoms with E-state index in [0.717, 1.165) is 140 Å². The van der Waals surface area contributed by atoms with Gasteiger partial charge in [0.15, 0.2) is 0 Å². The van der Waals surface area contributed by atoms with E-state index in [1.165, 1.54) is 51.4 Å². The molecule has 1 aromatic carbocycles. The van der Waals surface area contributed by atoms with Gasteiger partial charge in [-0.3, -0.25) is 48.7 Å². The number of carbonyl (C=O) groups is 6. The van der Waals surface area contributed by atoms with Crippen molar-refractivity contribution in [2.24, 2.45) is 35.5 Å². The van der Waals surface area contributed by atoms with E-state index < -0.39 is 0 Å². The number of carbonyl (C=O) groups excluding carboxylic acids is 6. The van der Waals surface area contributed by atoms with E-state index in [9.17, 15) is 28.8 Å². The summed E-state index contributed by atoms with van der Waals surface area (Å²) < 4.78 is 0. The molecular weight excluding hydrogens is 1390 g/mol. The Kier molecular flexibility index (Phi) is 78.5. The minimum atomic E-state index is 0.215. The lowest BCUT2D eigenvalue weighted by molar-refractivity contribution is -0.119. The molecular formula is C98H158N8O6. The molecule has 6 aromatic heterocycles. The van der Waals surface area contributed by atoms with Crippen molar-refractivity contribution < 1.29 is 28.8 Å². The van der Waals surface area contributed by atoms with Gasteiger partial charge in [-0.25, -0.2) is 19.9 Å². The van der Waals surface area contributed by atoms with Crippen LogP contribution in [-0.2, 0) is 67.3 Å². The van der Waals surface area contributed by atoms with Gasteiger partial charge in [-0.2, -0.15) is 0 Å². The molecule has 6 heterocycles. The van der Waals surface area contributed by atoms with E-state index in [0.29, 0.717) is 105 Å². The lowest BCUT2D eigenvalue weighted by Crippen LogP contribution is -2.07. The van der Waals surface area contributed by atoms with Crippen LogP contribution in [0.5, 0.6) is 0 Å². The van der Waals surface area contributed by atoms with Crippen LogP contribution >= 0.6 is 0 Å². The number of nitrogens with zero attached hydrogens (tertiary/aromatic N) is 8. The zero-order valence-electron chi connectivity index (χ0n) is 74.7. The number of ketones is 6. The number of Topliss-reactive ketones (excluding diaryl/α,β-unsaturated/α-hetero) is 6. The highest BCUT2D eigenvalue weighted by atomic mass is 16.1. The van der Waals surface area contributed by atoms with Gasteiger partial charge in [-0.05, 0) is 145 Å². The van der Waals surface area contributed by atoms with Crippen LogP contribution in [0.25, 0.3) is 11.3 Å². The van der Waals surface area contributed by atoms with Gasteiger partial charge in [-0.1, -0.05) is 272 Å². The Balaban J connectivity index is -0.000000613. The third-order valence-electron chi connectivity index (χ3n) is 16.5. The van der Waals surface area contributed by atoms with Crippen LogP contribution in [0, 0.1) is 35.5 Å². The van der Waals surface area contributed by atoms with E-state index in [4.69, 9.17) is 0 Å². The Bertz CT molecular complexity index is 2860. The SMILES string of the molecule is CC.CC.CC.CC.CC.CC(C)CCCCC(=O)Cc1ccccc1.CC(C)CCCCC(=O)Cc1ccccn1.CC(C)CCCCC(=O)Cc1cccnc1.CC(C)CCCCC(=O)Cc1ccncc1.CC(C)CCCCC(=O)Cc1nccc(-c2cccnc2)n1.CC(C)CCCCC(=O)Cc1ncccn1. The van der Waals surface area contributed by atoms with Crippen molar-refractivity contribution in [1.82, 2.24) is 39.9 Å². The Hall–Kier alpha value is -8.00. The summed E-state index contributed by atoms with van der Waals surface area (Å²) in [5.41, 5.74) is 5.87. The molecule has 0 saturated carbocycles. The average molecular weight is 1540 g/mol. The average Bonchev–Trinajstić information content (AvgIpc) is 0.858. The summed E-state index contributed by atoms with van der Waals surface area (Å²) in [6.07, 6.45) is 44.5. The van der Waals surface area contributed by atoms with Crippen molar-refractivity contribution in [1.29, 1.82) is 0 Å². The molecule has 112 heavy (non-hydrogen) atoms. The lowest BCUT2D eigenvalue weighted by Gasteiger charge is -2.05. The smallest absolute Gasteiger partial charge is 0.140 e. The Labute approximate surface area is 684 Å². The number of hydrogen-bond acceptors (Lipinski definition) is 14.